The Kier molecular flexibility index (Phi) is 5.94. The molecule has 4 rings (SSSR count). The lowest BCUT2D eigenvalue weighted by molar-refractivity contribution is -0.122. The van der Waals surface area contributed by atoms with Crippen molar-refractivity contribution in [3.8, 4) is 0 Å². The Morgan fingerprint density at radius 3 is 2.45 bits per heavy atom. The summed E-state index contributed by atoms with van der Waals surface area (Å²) in [6, 6.07) is 25.0. The van der Waals surface area contributed by atoms with Crippen molar-refractivity contribution in [3.63, 3.8) is 0 Å². The van der Waals surface area contributed by atoms with E-state index in [-0.39, 0.29) is 23.7 Å². The average Bonchev–Trinajstić information content (AvgIpc) is 3.59. The molecular weight excluding hydrogens is 386 g/mol. The van der Waals surface area contributed by atoms with E-state index in [0.29, 0.717) is 17.0 Å². The molecule has 5 heteroatoms. The first-order valence-electron chi connectivity index (χ1n) is 10.4. The number of nitrogens with one attached hydrogen (secondary N) is 2. The Hall–Kier alpha value is -3.73. The quantitative estimate of drug-likeness (QED) is 0.448. The number of carbonyl (C=O) groups excluding carboxylic acids is 2. The summed E-state index contributed by atoms with van der Waals surface area (Å²) in [4.78, 5) is 25.0. The van der Waals surface area contributed by atoms with Crippen LogP contribution in [-0.4, -0.2) is 17.5 Å². The number of aryl methyl sites for hydroxylation is 1. The van der Waals surface area contributed by atoms with Crippen LogP contribution in [0.2, 0.25) is 0 Å². The number of benzene rings is 3. The van der Waals surface area contributed by atoms with Crippen LogP contribution in [0.3, 0.4) is 0 Å². The Morgan fingerprint density at radius 1 is 0.935 bits per heavy atom. The molecule has 2 atom stereocenters. The highest BCUT2D eigenvalue weighted by molar-refractivity contribution is 6.06. The third-order valence-corrected chi connectivity index (χ3v) is 5.62. The Balaban J connectivity index is 1.38. The third kappa shape index (κ3) is 4.89. The van der Waals surface area contributed by atoms with Gasteiger partial charge in [0, 0.05) is 17.2 Å². The predicted molar refractivity (Wildman–Crippen MR) is 123 cm³/mol. The summed E-state index contributed by atoms with van der Waals surface area (Å²) in [7, 11) is 0. The summed E-state index contributed by atoms with van der Waals surface area (Å²) in [5, 5.41) is 7.21. The van der Waals surface area contributed by atoms with Crippen LogP contribution < -0.4 is 10.7 Å². The zero-order valence-electron chi connectivity index (χ0n) is 17.6. The van der Waals surface area contributed by atoms with E-state index in [1.807, 2.05) is 74.5 Å². The molecule has 3 aromatic carbocycles. The summed E-state index contributed by atoms with van der Waals surface area (Å²) in [5.41, 5.74) is 7.64. The molecule has 2 amide bonds. The number of hydrogen-bond donors (Lipinski definition) is 2. The summed E-state index contributed by atoms with van der Waals surface area (Å²) in [6.07, 6.45) is 0.852. The minimum Gasteiger partial charge on any atom is -0.322 e. The molecular formula is C26H25N3O2. The lowest BCUT2D eigenvalue weighted by atomic mass is 10.1. The van der Waals surface area contributed by atoms with E-state index in [1.165, 1.54) is 5.56 Å². The van der Waals surface area contributed by atoms with Gasteiger partial charge in [-0.05, 0) is 61.1 Å². The smallest absolute Gasteiger partial charge is 0.255 e. The van der Waals surface area contributed by atoms with Crippen molar-refractivity contribution in [2.24, 2.45) is 11.0 Å². The molecule has 0 aliphatic heterocycles. The van der Waals surface area contributed by atoms with Gasteiger partial charge in [0.05, 0.1) is 5.71 Å². The SMILES string of the molecule is C/C(=N/NC(=O)[C@@H]1C[C@@H]1c1ccccc1)c1cccc(NC(=O)c2ccccc2C)c1. The van der Waals surface area contributed by atoms with Crippen molar-refractivity contribution >= 4 is 23.2 Å². The molecule has 5 nitrogen and oxygen atoms in total. The monoisotopic (exact) mass is 411 g/mol. The van der Waals surface area contributed by atoms with Crippen LogP contribution in [0.5, 0.6) is 0 Å². The second-order valence-electron chi connectivity index (χ2n) is 7.88. The van der Waals surface area contributed by atoms with E-state index >= 15 is 0 Å². The number of rotatable bonds is 6. The largest absolute Gasteiger partial charge is 0.322 e. The Morgan fingerprint density at radius 2 is 1.68 bits per heavy atom. The topological polar surface area (TPSA) is 70.6 Å². The third-order valence-electron chi connectivity index (χ3n) is 5.62. The number of nitrogens with zero attached hydrogens (tertiary/aromatic N) is 1. The van der Waals surface area contributed by atoms with Gasteiger partial charge in [-0.3, -0.25) is 9.59 Å². The van der Waals surface area contributed by atoms with Gasteiger partial charge in [-0.1, -0.05) is 60.7 Å². The molecule has 2 N–H and O–H groups in total. The predicted octanol–water partition coefficient (Wildman–Crippen LogP) is 4.89. The molecule has 3 aromatic rings. The molecule has 0 radical (unpaired) electrons. The summed E-state index contributed by atoms with van der Waals surface area (Å²) in [6.45, 7) is 3.75. The van der Waals surface area contributed by atoms with Crippen LogP contribution in [0, 0.1) is 12.8 Å². The van der Waals surface area contributed by atoms with Gasteiger partial charge in [0.1, 0.15) is 0 Å². The first-order chi connectivity index (χ1) is 15.0. The van der Waals surface area contributed by atoms with Gasteiger partial charge in [-0.25, -0.2) is 5.43 Å². The van der Waals surface area contributed by atoms with Crippen molar-refractivity contribution < 1.29 is 9.59 Å². The first kappa shape index (κ1) is 20.5. The highest BCUT2D eigenvalue weighted by Crippen LogP contribution is 2.47. The summed E-state index contributed by atoms with van der Waals surface area (Å²) >= 11 is 0. The maximum absolute atomic E-state index is 12.6. The summed E-state index contributed by atoms with van der Waals surface area (Å²) in [5.74, 6) is 0.0337. The first-order valence-corrected chi connectivity index (χ1v) is 10.4. The normalized spacial score (nSPS) is 17.7. The van der Waals surface area contributed by atoms with Crippen LogP contribution >= 0.6 is 0 Å². The molecule has 0 bridgehead atoms. The lowest BCUT2D eigenvalue weighted by Gasteiger charge is -2.09. The fourth-order valence-electron chi connectivity index (χ4n) is 3.69. The molecule has 31 heavy (non-hydrogen) atoms. The highest BCUT2D eigenvalue weighted by Gasteiger charge is 2.43. The second-order valence-corrected chi connectivity index (χ2v) is 7.88. The number of hydrogen-bond acceptors (Lipinski definition) is 3. The van der Waals surface area contributed by atoms with Crippen molar-refractivity contribution in [2.45, 2.75) is 26.2 Å². The molecule has 0 spiro atoms. The van der Waals surface area contributed by atoms with Gasteiger partial charge in [0.2, 0.25) is 5.91 Å². The molecule has 1 saturated carbocycles. The minimum absolute atomic E-state index is 0.0290. The molecule has 0 unspecified atom stereocenters. The van der Waals surface area contributed by atoms with E-state index in [1.54, 1.807) is 6.07 Å². The van der Waals surface area contributed by atoms with E-state index in [0.717, 1.165) is 17.5 Å². The maximum Gasteiger partial charge on any atom is 0.255 e. The van der Waals surface area contributed by atoms with Gasteiger partial charge in [0.25, 0.3) is 5.91 Å². The van der Waals surface area contributed by atoms with Gasteiger partial charge in [-0.15, -0.1) is 0 Å². The minimum atomic E-state index is -0.154. The van der Waals surface area contributed by atoms with Gasteiger partial charge >= 0.3 is 0 Å². The van der Waals surface area contributed by atoms with Crippen LogP contribution in [0.4, 0.5) is 5.69 Å². The van der Waals surface area contributed by atoms with Crippen LogP contribution in [-0.2, 0) is 4.79 Å². The Bertz CT molecular complexity index is 1140. The molecule has 0 heterocycles. The molecule has 1 aliphatic carbocycles. The zero-order chi connectivity index (χ0) is 21.8. The number of amides is 2. The molecule has 0 saturated heterocycles. The van der Waals surface area contributed by atoms with Crippen LogP contribution in [0.1, 0.15) is 46.3 Å². The van der Waals surface area contributed by atoms with Crippen LogP contribution in [0.25, 0.3) is 0 Å². The fraction of sp³-hybridized carbons (Fsp3) is 0.192. The van der Waals surface area contributed by atoms with E-state index < -0.39 is 0 Å². The van der Waals surface area contributed by atoms with Crippen molar-refractivity contribution in [3.05, 3.63) is 101 Å². The Labute approximate surface area is 182 Å². The van der Waals surface area contributed by atoms with Crippen molar-refractivity contribution in [2.75, 3.05) is 5.32 Å². The molecule has 156 valence electrons. The molecule has 1 aliphatic rings. The summed E-state index contributed by atoms with van der Waals surface area (Å²) < 4.78 is 0. The van der Waals surface area contributed by atoms with Crippen molar-refractivity contribution in [1.82, 2.24) is 5.43 Å². The van der Waals surface area contributed by atoms with Gasteiger partial charge in [0.15, 0.2) is 0 Å². The molecule has 1 fully saturated rings. The van der Waals surface area contributed by atoms with Crippen LogP contribution in [0.15, 0.2) is 84.0 Å². The fourth-order valence-corrected chi connectivity index (χ4v) is 3.69. The van der Waals surface area contributed by atoms with Gasteiger partial charge in [-0.2, -0.15) is 5.10 Å². The standard InChI is InChI=1S/C26H25N3O2/c1-17-9-6-7-14-22(17)25(30)27-21-13-8-12-20(15-21)18(2)28-29-26(31)24-16-23(24)19-10-4-3-5-11-19/h3-15,23-24H,16H2,1-2H3,(H,27,30)(H,29,31)/b28-18-/t23-,24-/m1/s1. The van der Waals surface area contributed by atoms with E-state index in [4.69, 9.17) is 0 Å². The maximum atomic E-state index is 12.6. The second kappa shape index (κ2) is 8.96. The zero-order valence-corrected chi connectivity index (χ0v) is 17.6. The van der Waals surface area contributed by atoms with Gasteiger partial charge < -0.3 is 5.32 Å². The number of carbonyl (C=O) groups is 2. The van der Waals surface area contributed by atoms with Crippen molar-refractivity contribution in [1.29, 1.82) is 0 Å². The number of hydrazone groups is 1. The number of anilines is 1. The highest BCUT2D eigenvalue weighted by atomic mass is 16.2. The average molecular weight is 412 g/mol. The van der Waals surface area contributed by atoms with E-state index in [9.17, 15) is 9.59 Å². The lowest BCUT2D eigenvalue weighted by Crippen LogP contribution is -2.21. The van der Waals surface area contributed by atoms with E-state index in [2.05, 4.69) is 28.0 Å². The molecule has 0 aromatic heterocycles.